The van der Waals surface area contributed by atoms with Crippen LogP contribution in [0.5, 0.6) is 11.5 Å². The Hall–Kier alpha value is -2.69. The summed E-state index contributed by atoms with van der Waals surface area (Å²) < 4.78 is 10.4. The number of hydrogen-bond donors (Lipinski definition) is 2. The minimum absolute atomic E-state index is 0.189. The number of carbonyl (C=O) groups is 1. The molecule has 0 aromatic heterocycles. The van der Waals surface area contributed by atoms with Gasteiger partial charge in [-0.2, -0.15) is 0 Å². The first-order valence-corrected chi connectivity index (χ1v) is 7.61. The minimum Gasteiger partial charge on any atom is -0.497 e. The molecule has 0 aliphatic carbocycles. The maximum atomic E-state index is 12.5. The summed E-state index contributed by atoms with van der Waals surface area (Å²) in [5.41, 5.74) is 3.67. The number of ether oxygens (including phenoxy) is 2. The third kappa shape index (κ3) is 3.39. The van der Waals surface area contributed by atoms with E-state index in [0.717, 1.165) is 30.8 Å². The maximum absolute atomic E-state index is 12.5. The molecule has 2 aromatic carbocycles. The van der Waals surface area contributed by atoms with Crippen molar-refractivity contribution in [2.45, 2.75) is 12.8 Å². The Morgan fingerprint density at radius 3 is 2.52 bits per heavy atom. The Morgan fingerprint density at radius 2 is 1.83 bits per heavy atom. The van der Waals surface area contributed by atoms with Crippen molar-refractivity contribution in [2.75, 3.05) is 31.4 Å². The normalized spacial score (nSPS) is 12.8. The third-order valence-corrected chi connectivity index (χ3v) is 3.92. The maximum Gasteiger partial charge on any atom is 0.255 e. The van der Waals surface area contributed by atoms with E-state index in [-0.39, 0.29) is 5.91 Å². The first-order chi connectivity index (χ1) is 11.2. The van der Waals surface area contributed by atoms with E-state index < -0.39 is 0 Å². The van der Waals surface area contributed by atoms with E-state index in [1.807, 2.05) is 18.2 Å². The van der Waals surface area contributed by atoms with Crippen molar-refractivity contribution in [1.82, 2.24) is 0 Å². The van der Waals surface area contributed by atoms with Gasteiger partial charge in [0.15, 0.2) is 0 Å². The monoisotopic (exact) mass is 312 g/mol. The first-order valence-electron chi connectivity index (χ1n) is 7.61. The van der Waals surface area contributed by atoms with Gasteiger partial charge in [-0.25, -0.2) is 0 Å². The fourth-order valence-corrected chi connectivity index (χ4v) is 2.69. The van der Waals surface area contributed by atoms with E-state index in [2.05, 4.69) is 10.6 Å². The summed E-state index contributed by atoms with van der Waals surface area (Å²) in [5, 5.41) is 6.29. The number of carbonyl (C=O) groups excluding carboxylic acids is 1. The third-order valence-electron chi connectivity index (χ3n) is 3.92. The molecule has 0 radical (unpaired) electrons. The molecule has 0 saturated heterocycles. The van der Waals surface area contributed by atoms with Gasteiger partial charge < -0.3 is 20.1 Å². The topological polar surface area (TPSA) is 59.6 Å². The van der Waals surface area contributed by atoms with Crippen molar-refractivity contribution < 1.29 is 14.3 Å². The second kappa shape index (κ2) is 6.60. The molecule has 1 aliphatic rings. The van der Waals surface area contributed by atoms with Crippen LogP contribution in [0, 0.1) is 0 Å². The van der Waals surface area contributed by atoms with Crippen LogP contribution < -0.4 is 20.1 Å². The summed E-state index contributed by atoms with van der Waals surface area (Å²) in [5.74, 6) is 0.985. The molecule has 5 nitrogen and oxygen atoms in total. The van der Waals surface area contributed by atoms with Gasteiger partial charge in [0, 0.05) is 29.5 Å². The van der Waals surface area contributed by atoms with Crippen LogP contribution in [0.3, 0.4) is 0 Å². The zero-order valence-corrected chi connectivity index (χ0v) is 13.3. The Labute approximate surface area is 135 Å². The van der Waals surface area contributed by atoms with E-state index in [1.54, 1.807) is 32.4 Å². The smallest absolute Gasteiger partial charge is 0.255 e. The van der Waals surface area contributed by atoms with E-state index in [1.165, 1.54) is 5.56 Å². The minimum atomic E-state index is -0.189. The molecule has 0 unspecified atom stereocenters. The molecule has 120 valence electrons. The van der Waals surface area contributed by atoms with Crippen LogP contribution >= 0.6 is 0 Å². The SMILES string of the molecule is COc1cc(OC)cc(C(=O)Nc2ccc3c(c2)CCCN3)c1. The number of benzene rings is 2. The lowest BCUT2D eigenvalue weighted by atomic mass is 10.0. The molecular weight excluding hydrogens is 292 g/mol. The summed E-state index contributed by atoms with van der Waals surface area (Å²) in [6.45, 7) is 1.00. The quantitative estimate of drug-likeness (QED) is 0.909. The number of amides is 1. The predicted octanol–water partition coefficient (Wildman–Crippen LogP) is 3.31. The van der Waals surface area contributed by atoms with E-state index in [9.17, 15) is 4.79 Å². The highest BCUT2D eigenvalue weighted by Gasteiger charge is 2.13. The van der Waals surface area contributed by atoms with Crippen molar-refractivity contribution in [3.05, 3.63) is 47.5 Å². The van der Waals surface area contributed by atoms with E-state index >= 15 is 0 Å². The van der Waals surface area contributed by atoms with Gasteiger partial charge in [0.1, 0.15) is 11.5 Å². The molecule has 2 N–H and O–H groups in total. The zero-order valence-electron chi connectivity index (χ0n) is 13.3. The highest BCUT2D eigenvalue weighted by Crippen LogP contribution is 2.26. The predicted molar refractivity (Wildman–Crippen MR) is 90.8 cm³/mol. The van der Waals surface area contributed by atoms with Gasteiger partial charge in [0.2, 0.25) is 0 Å². The van der Waals surface area contributed by atoms with Crippen molar-refractivity contribution >= 4 is 17.3 Å². The van der Waals surface area contributed by atoms with Gasteiger partial charge in [-0.3, -0.25) is 4.79 Å². The van der Waals surface area contributed by atoms with Gasteiger partial charge >= 0.3 is 0 Å². The van der Waals surface area contributed by atoms with Crippen LogP contribution in [0.4, 0.5) is 11.4 Å². The number of anilines is 2. The Morgan fingerprint density at radius 1 is 1.09 bits per heavy atom. The summed E-state index contributed by atoms with van der Waals surface area (Å²) in [6, 6.07) is 11.1. The first kappa shape index (κ1) is 15.2. The van der Waals surface area contributed by atoms with Crippen LogP contribution in [-0.4, -0.2) is 26.7 Å². The van der Waals surface area contributed by atoms with Gasteiger partial charge in [0.05, 0.1) is 14.2 Å². The molecule has 5 heteroatoms. The molecule has 0 fully saturated rings. The van der Waals surface area contributed by atoms with Crippen LogP contribution in [-0.2, 0) is 6.42 Å². The Kier molecular flexibility index (Phi) is 4.37. The lowest BCUT2D eigenvalue weighted by molar-refractivity contribution is 0.102. The van der Waals surface area contributed by atoms with Gasteiger partial charge in [-0.15, -0.1) is 0 Å². The molecule has 0 saturated carbocycles. The van der Waals surface area contributed by atoms with Crippen LogP contribution in [0.2, 0.25) is 0 Å². The van der Waals surface area contributed by atoms with Crippen molar-refractivity contribution in [1.29, 1.82) is 0 Å². The standard InChI is InChI=1S/C18H20N2O3/c1-22-15-9-13(10-16(11-15)23-2)18(21)20-14-5-6-17-12(8-14)4-3-7-19-17/h5-6,8-11,19H,3-4,7H2,1-2H3,(H,20,21). The highest BCUT2D eigenvalue weighted by molar-refractivity contribution is 6.05. The molecule has 1 aliphatic heterocycles. The second-order valence-corrected chi connectivity index (χ2v) is 5.46. The Bertz CT molecular complexity index is 706. The number of fused-ring (bicyclic) bond motifs is 1. The van der Waals surface area contributed by atoms with Crippen molar-refractivity contribution in [2.24, 2.45) is 0 Å². The molecule has 1 amide bonds. The molecule has 0 atom stereocenters. The summed E-state index contributed by atoms with van der Waals surface area (Å²) in [7, 11) is 3.12. The largest absolute Gasteiger partial charge is 0.497 e. The summed E-state index contributed by atoms with van der Waals surface area (Å²) >= 11 is 0. The van der Waals surface area contributed by atoms with Crippen LogP contribution in [0.25, 0.3) is 0 Å². The number of aryl methyl sites for hydroxylation is 1. The van der Waals surface area contributed by atoms with E-state index in [0.29, 0.717) is 17.1 Å². The number of methoxy groups -OCH3 is 2. The molecule has 1 heterocycles. The fraction of sp³-hybridized carbons (Fsp3) is 0.278. The second-order valence-electron chi connectivity index (χ2n) is 5.46. The lowest BCUT2D eigenvalue weighted by Crippen LogP contribution is -2.15. The Balaban J connectivity index is 1.81. The summed E-state index contributed by atoms with van der Waals surface area (Å²) in [6.07, 6.45) is 2.14. The highest BCUT2D eigenvalue weighted by atomic mass is 16.5. The average molecular weight is 312 g/mol. The molecule has 0 spiro atoms. The molecular formula is C18H20N2O3. The van der Waals surface area contributed by atoms with Gasteiger partial charge in [-0.1, -0.05) is 0 Å². The molecule has 23 heavy (non-hydrogen) atoms. The van der Waals surface area contributed by atoms with Gasteiger partial charge in [0.25, 0.3) is 5.91 Å². The molecule has 2 aromatic rings. The zero-order chi connectivity index (χ0) is 16.2. The van der Waals surface area contributed by atoms with Crippen molar-refractivity contribution in [3.63, 3.8) is 0 Å². The average Bonchev–Trinajstić information content (AvgIpc) is 2.61. The van der Waals surface area contributed by atoms with Gasteiger partial charge in [-0.05, 0) is 48.7 Å². The molecule has 3 rings (SSSR count). The number of nitrogens with one attached hydrogen (secondary N) is 2. The lowest BCUT2D eigenvalue weighted by Gasteiger charge is -2.19. The van der Waals surface area contributed by atoms with Crippen molar-refractivity contribution in [3.8, 4) is 11.5 Å². The van der Waals surface area contributed by atoms with Crippen LogP contribution in [0.15, 0.2) is 36.4 Å². The fourth-order valence-electron chi connectivity index (χ4n) is 2.69. The molecule has 0 bridgehead atoms. The number of rotatable bonds is 4. The van der Waals surface area contributed by atoms with E-state index in [4.69, 9.17) is 9.47 Å². The van der Waals surface area contributed by atoms with Crippen LogP contribution in [0.1, 0.15) is 22.3 Å². The summed E-state index contributed by atoms with van der Waals surface area (Å²) in [4.78, 5) is 12.5. The number of hydrogen-bond acceptors (Lipinski definition) is 4.